The summed E-state index contributed by atoms with van der Waals surface area (Å²) >= 11 is 3.29. The van der Waals surface area contributed by atoms with Crippen LogP contribution >= 0.6 is 15.9 Å². The van der Waals surface area contributed by atoms with Gasteiger partial charge in [-0.3, -0.25) is 4.79 Å². The van der Waals surface area contributed by atoms with Gasteiger partial charge in [0.1, 0.15) is 12.4 Å². The third-order valence-electron chi connectivity index (χ3n) is 2.13. The highest BCUT2D eigenvalue weighted by Crippen LogP contribution is 2.26. The fourth-order valence-corrected chi connectivity index (χ4v) is 1.77. The molecule has 0 unspecified atom stereocenters. The molecule has 0 atom stereocenters. The van der Waals surface area contributed by atoms with E-state index in [4.69, 9.17) is 4.74 Å². The first-order valence-corrected chi connectivity index (χ1v) is 6.53. The third-order valence-corrected chi connectivity index (χ3v) is 2.75. The van der Waals surface area contributed by atoms with Crippen molar-refractivity contribution in [3.63, 3.8) is 0 Å². The molecule has 0 fully saturated rings. The van der Waals surface area contributed by atoms with Crippen LogP contribution in [0.5, 0.6) is 5.75 Å². The summed E-state index contributed by atoms with van der Waals surface area (Å²) in [6, 6.07) is 4.68. The Morgan fingerprint density at radius 3 is 2.58 bits per heavy atom. The van der Waals surface area contributed by atoms with Crippen LogP contribution in [0, 0.1) is 0 Å². The van der Waals surface area contributed by atoms with Gasteiger partial charge in [0.05, 0.1) is 11.1 Å². The van der Waals surface area contributed by atoms with E-state index < -0.39 is 11.8 Å². The van der Waals surface area contributed by atoms with E-state index in [0.717, 1.165) is 5.57 Å². The molecule has 0 N–H and O–H groups in total. The van der Waals surface area contributed by atoms with E-state index in [0.29, 0.717) is 16.8 Å². The smallest absolute Gasteiger partial charge is 0.379 e. The van der Waals surface area contributed by atoms with Crippen molar-refractivity contribution >= 4 is 27.7 Å². The van der Waals surface area contributed by atoms with Gasteiger partial charge in [-0.2, -0.15) is 0 Å². The molecular formula is C14H15BrO4. The van der Waals surface area contributed by atoms with E-state index in [1.54, 1.807) is 13.0 Å². The zero-order valence-electron chi connectivity index (χ0n) is 10.9. The Morgan fingerprint density at radius 1 is 1.37 bits per heavy atom. The number of halogens is 1. The Kier molecular flexibility index (Phi) is 5.76. The van der Waals surface area contributed by atoms with Gasteiger partial charge < -0.3 is 9.47 Å². The Balaban J connectivity index is 2.84. The average Bonchev–Trinajstić information content (AvgIpc) is 2.36. The third kappa shape index (κ3) is 4.52. The van der Waals surface area contributed by atoms with Gasteiger partial charge in [0.15, 0.2) is 0 Å². The van der Waals surface area contributed by atoms with Crippen LogP contribution in [-0.4, -0.2) is 25.0 Å². The maximum atomic E-state index is 11.7. The number of hydrogen-bond acceptors (Lipinski definition) is 4. The van der Waals surface area contributed by atoms with Crippen LogP contribution in [0.2, 0.25) is 0 Å². The monoisotopic (exact) mass is 326 g/mol. The van der Waals surface area contributed by atoms with Gasteiger partial charge in [0.2, 0.25) is 0 Å². The number of ether oxygens (including phenoxy) is 2. The van der Waals surface area contributed by atoms with E-state index >= 15 is 0 Å². The van der Waals surface area contributed by atoms with E-state index in [-0.39, 0.29) is 12.2 Å². The number of carbonyl (C=O) groups is 2. The molecule has 0 aliphatic carbocycles. The summed E-state index contributed by atoms with van der Waals surface area (Å²) in [5, 5.41) is 0. The van der Waals surface area contributed by atoms with E-state index in [2.05, 4.69) is 27.2 Å². The lowest BCUT2D eigenvalue weighted by molar-refractivity contribution is -0.137. The summed E-state index contributed by atoms with van der Waals surface area (Å²) in [5.41, 5.74) is 1.14. The quantitative estimate of drug-likeness (QED) is 0.349. The standard InChI is InChI=1S/C14H15BrO4/c1-4-18-14(17)13(16)10-5-6-12(11(15)7-10)19-8-9(2)3/h5-7H,2,4,8H2,1,3H3. The predicted molar refractivity (Wildman–Crippen MR) is 75.4 cm³/mol. The van der Waals surface area contributed by atoms with Crippen LogP contribution in [0.4, 0.5) is 0 Å². The van der Waals surface area contributed by atoms with Crippen LogP contribution in [-0.2, 0) is 9.53 Å². The second-order valence-corrected chi connectivity index (χ2v) is 4.79. The zero-order valence-corrected chi connectivity index (χ0v) is 12.5. The SMILES string of the molecule is C=C(C)COc1ccc(C(=O)C(=O)OCC)cc1Br. The van der Waals surface area contributed by atoms with Crippen molar-refractivity contribution in [3.05, 3.63) is 40.4 Å². The van der Waals surface area contributed by atoms with Crippen molar-refractivity contribution in [3.8, 4) is 5.75 Å². The van der Waals surface area contributed by atoms with Crippen molar-refractivity contribution in [1.29, 1.82) is 0 Å². The Labute approximate surface area is 120 Å². The molecule has 5 heteroatoms. The highest BCUT2D eigenvalue weighted by atomic mass is 79.9. The minimum Gasteiger partial charge on any atom is -0.488 e. The van der Waals surface area contributed by atoms with E-state index in [9.17, 15) is 9.59 Å². The maximum absolute atomic E-state index is 11.7. The molecule has 19 heavy (non-hydrogen) atoms. The molecule has 0 aliphatic rings. The molecular weight excluding hydrogens is 312 g/mol. The summed E-state index contributed by atoms with van der Waals surface area (Å²) in [6.45, 7) is 7.80. The summed E-state index contributed by atoms with van der Waals surface area (Å²) in [7, 11) is 0. The van der Waals surface area contributed by atoms with Gasteiger partial charge in [-0.05, 0) is 53.5 Å². The second-order valence-electron chi connectivity index (χ2n) is 3.94. The first-order valence-electron chi connectivity index (χ1n) is 5.74. The molecule has 102 valence electrons. The Hall–Kier alpha value is -1.62. The fourth-order valence-electron chi connectivity index (χ4n) is 1.27. The van der Waals surface area contributed by atoms with Crippen LogP contribution in [0.25, 0.3) is 0 Å². The number of carbonyl (C=O) groups excluding carboxylic acids is 2. The molecule has 0 amide bonds. The molecule has 0 heterocycles. The molecule has 1 aromatic rings. The number of benzene rings is 1. The minimum absolute atomic E-state index is 0.172. The number of hydrogen-bond donors (Lipinski definition) is 0. The fraction of sp³-hybridized carbons (Fsp3) is 0.286. The van der Waals surface area contributed by atoms with Crippen molar-refractivity contribution in [2.75, 3.05) is 13.2 Å². The van der Waals surface area contributed by atoms with E-state index in [1.807, 2.05) is 6.92 Å². The summed E-state index contributed by atoms with van der Waals surface area (Å²) < 4.78 is 10.7. The first kappa shape index (κ1) is 15.4. The van der Waals surface area contributed by atoms with Crippen LogP contribution in [0.15, 0.2) is 34.8 Å². The van der Waals surface area contributed by atoms with Crippen LogP contribution < -0.4 is 4.74 Å². The average molecular weight is 327 g/mol. The maximum Gasteiger partial charge on any atom is 0.379 e. The van der Waals surface area contributed by atoms with Crippen molar-refractivity contribution < 1.29 is 19.1 Å². The molecule has 0 bridgehead atoms. The minimum atomic E-state index is -0.856. The number of rotatable bonds is 6. The van der Waals surface area contributed by atoms with E-state index in [1.165, 1.54) is 12.1 Å². The van der Waals surface area contributed by atoms with Gasteiger partial charge >= 0.3 is 5.97 Å². The lowest BCUT2D eigenvalue weighted by Crippen LogP contribution is -2.17. The molecule has 0 spiro atoms. The molecule has 4 nitrogen and oxygen atoms in total. The van der Waals surface area contributed by atoms with Crippen molar-refractivity contribution in [1.82, 2.24) is 0 Å². The topological polar surface area (TPSA) is 52.6 Å². The van der Waals surface area contributed by atoms with Crippen LogP contribution in [0.1, 0.15) is 24.2 Å². The Morgan fingerprint density at radius 2 is 2.05 bits per heavy atom. The largest absolute Gasteiger partial charge is 0.488 e. The normalized spacial score (nSPS) is 9.84. The molecule has 0 aliphatic heterocycles. The summed E-state index contributed by atoms with van der Waals surface area (Å²) in [4.78, 5) is 23.0. The van der Waals surface area contributed by atoms with Gasteiger partial charge in [0.25, 0.3) is 5.78 Å². The van der Waals surface area contributed by atoms with Crippen LogP contribution in [0.3, 0.4) is 0 Å². The highest BCUT2D eigenvalue weighted by molar-refractivity contribution is 9.10. The molecule has 0 saturated carbocycles. The van der Waals surface area contributed by atoms with Gasteiger partial charge in [0, 0.05) is 5.56 Å². The summed E-state index contributed by atoms with van der Waals surface area (Å²) in [6.07, 6.45) is 0. The summed E-state index contributed by atoms with van der Waals surface area (Å²) in [5.74, 6) is -0.942. The molecule has 0 radical (unpaired) electrons. The van der Waals surface area contributed by atoms with Gasteiger partial charge in [-0.25, -0.2) is 4.79 Å². The molecule has 1 rings (SSSR count). The lowest BCUT2D eigenvalue weighted by Gasteiger charge is -2.09. The number of esters is 1. The molecule has 0 saturated heterocycles. The second kappa shape index (κ2) is 7.09. The number of ketones is 1. The lowest BCUT2D eigenvalue weighted by atomic mass is 10.1. The zero-order chi connectivity index (χ0) is 14.4. The molecule has 1 aromatic carbocycles. The van der Waals surface area contributed by atoms with Gasteiger partial charge in [-0.1, -0.05) is 6.58 Å². The van der Waals surface area contributed by atoms with Crippen molar-refractivity contribution in [2.45, 2.75) is 13.8 Å². The van der Waals surface area contributed by atoms with Gasteiger partial charge in [-0.15, -0.1) is 0 Å². The van der Waals surface area contributed by atoms with Crippen molar-refractivity contribution in [2.24, 2.45) is 0 Å². The number of Topliss-reactive ketones (excluding diaryl/α,β-unsaturated/α-hetero) is 1. The Bertz CT molecular complexity index is 508. The molecule has 0 aromatic heterocycles. The predicted octanol–water partition coefficient (Wildman–Crippen LogP) is 3.15. The highest BCUT2D eigenvalue weighted by Gasteiger charge is 2.18. The first-order chi connectivity index (χ1) is 8.95.